The normalized spacial score (nSPS) is 13.2. The summed E-state index contributed by atoms with van der Waals surface area (Å²) in [6, 6.07) is 11.2. The molecular formula is C23H18ClN3O3S2. The first-order valence-corrected chi connectivity index (χ1v) is 12.0. The molecule has 3 aromatic heterocycles. The van der Waals surface area contributed by atoms with E-state index in [0.717, 1.165) is 39.4 Å². The van der Waals surface area contributed by atoms with Crippen molar-refractivity contribution in [3.05, 3.63) is 64.3 Å². The molecule has 1 saturated carbocycles. The zero-order chi connectivity index (χ0) is 22.2. The van der Waals surface area contributed by atoms with Gasteiger partial charge in [0.2, 0.25) is 0 Å². The molecule has 3 heterocycles. The number of halogens is 1. The number of ether oxygens (including phenoxy) is 1. The quantitative estimate of drug-likeness (QED) is 0.297. The first-order chi connectivity index (χ1) is 15.5. The molecule has 1 aromatic carbocycles. The summed E-state index contributed by atoms with van der Waals surface area (Å²) in [5, 5.41) is 16.0. The van der Waals surface area contributed by atoms with E-state index in [9.17, 15) is 9.90 Å². The van der Waals surface area contributed by atoms with Crippen LogP contribution >= 0.6 is 34.3 Å². The molecule has 0 bridgehead atoms. The van der Waals surface area contributed by atoms with Crippen LogP contribution in [0.3, 0.4) is 0 Å². The number of carboxylic acids is 1. The number of carbonyl (C=O) groups is 1. The number of thiophene rings is 1. The van der Waals surface area contributed by atoms with E-state index in [1.807, 2.05) is 35.7 Å². The zero-order valence-corrected chi connectivity index (χ0v) is 19.4. The van der Waals surface area contributed by atoms with Crippen LogP contribution < -0.4 is 10.1 Å². The van der Waals surface area contributed by atoms with Crippen molar-refractivity contribution < 1.29 is 14.6 Å². The van der Waals surface area contributed by atoms with Gasteiger partial charge in [-0.2, -0.15) is 0 Å². The van der Waals surface area contributed by atoms with Crippen molar-refractivity contribution in [1.82, 2.24) is 9.97 Å². The number of methoxy groups -OCH3 is 1. The standard InChI is InChI=1S/C23H18ClN3O3S2/c1-30-17-7-6-13(10-16(17)24)20-19(12-4-5-12)26-23(32-20)27-21-15(22(28)29)9-14(11-25-21)18-3-2-8-31-18/h2-3,6-12H,4-5H2,1H3,(H,28,29)(H,25,26,27). The topological polar surface area (TPSA) is 84.3 Å². The summed E-state index contributed by atoms with van der Waals surface area (Å²) in [7, 11) is 1.59. The van der Waals surface area contributed by atoms with Crippen LogP contribution in [-0.2, 0) is 0 Å². The van der Waals surface area contributed by atoms with E-state index in [4.69, 9.17) is 21.3 Å². The van der Waals surface area contributed by atoms with E-state index >= 15 is 0 Å². The second-order valence-corrected chi connectivity index (χ2v) is 9.74. The highest BCUT2D eigenvalue weighted by molar-refractivity contribution is 7.19. The Kier molecular flexibility index (Phi) is 5.58. The molecule has 0 amide bonds. The summed E-state index contributed by atoms with van der Waals surface area (Å²) in [6.45, 7) is 0. The number of aromatic carboxylic acids is 1. The minimum absolute atomic E-state index is 0.105. The highest BCUT2D eigenvalue weighted by Crippen LogP contribution is 2.48. The van der Waals surface area contributed by atoms with Gasteiger partial charge in [0.15, 0.2) is 5.13 Å². The summed E-state index contributed by atoms with van der Waals surface area (Å²) in [4.78, 5) is 23.1. The summed E-state index contributed by atoms with van der Waals surface area (Å²) in [5.41, 5.74) is 2.84. The van der Waals surface area contributed by atoms with Gasteiger partial charge in [-0.1, -0.05) is 29.0 Å². The van der Waals surface area contributed by atoms with Crippen molar-refractivity contribution >= 4 is 51.2 Å². The van der Waals surface area contributed by atoms with E-state index in [-0.39, 0.29) is 11.4 Å². The number of thiazole rings is 1. The maximum Gasteiger partial charge on any atom is 0.339 e. The lowest BCUT2D eigenvalue weighted by molar-refractivity contribution is 0.0697. The molecule has 1 fully saturated rings. The fourth-order valence-electron chi connectivity index (χ4n) is 3.44. The first-order valence-electron chi connectivity index (χ1n) is 9.92. The van der Waals surface area contributed by atoms with Gasteiger partial charge in [-0.25, -0.2) is 14.8 Å². The lowest BCUT2D eigenvalue weighted by Crippen LogP contribution is -2.05. The molecule has 6 nitrogen and oxygen atoms in total. The number of benzene rings is 1. The molecule has 0 atom stereocenters. The third-order valence-corrected chi connectivity index (χ3v) is 7.43. The van der Waals surface area contributed by atoms with Crippen LogP contribution in [0.2, 0.25) is 5.02 Å². The summed E-state index contributed by atoms with van der Waals surface area (Å²) >= 11 is 9.35. The zero-order valence-electron chi connectivity index (χ0n) is 17.0. The van der Waals surface area contributed by atoms with Gasteiger partial charge in [0, 0.05) is 22.6 Å². The molecule has 162 valence electrons. The van der Waals surface area contributed by atoms with E-state index < -0.39 is 5.97 Å². The number of hydrogen-bond acceptors (Lipinski definition) is 7. The SMILES string of the molecule is COc1ccc(-c2sc(Nc3ncc(-c4cccs4)cc3C(=O)O)nc2C2CC2)cc1Cl. The Morgan fingerprint density at radius 1 is 1.25 bits per heavy atom. The fourth-order valence-corrected chi connectivity index (χ4v) is 5.45. The molecule has 1 aliphatic rings. The Morgan fingerprint density at radius 3 is 2.75 bits per heavy atom. The molecule has 4 aromatic rings. The van der Waals surface area contributed by atoms with Crippen molar-refractivity contribution in [2.24, 2.45) is 0 Å². The van der Waals surface area contributed by atoms with Crippen LogP contribution in [-0.4, -0.2) is 28.2 Å². The number of aromatic nitrogens is 2. The van der Waals surface area contributed by atoms with Gasteiger partial charge in [-0.15, -0.1) is 11.3 Å². The number of nitrogens with one attached hydrogen (secondary N) is 1. The van der Waals surface area contributed by atoms with Crippen LogP contribution in [0.5, 0.6) is 5.75 Å². The van der Waals surface area contributed by atoms with Gasteiger partial charge >= 0.3 is 5.97 Å². The second-order valence-electron chi connectivity index (χ2n) is 7.38. The molecular weight excluding hydrogens is 466 g/mol. The lowest BCUT2D eigenvalue weighted by Gasteiger charge is -2.07. The predicted molar refractivity (Wildman–Crippen MR) is 129 cm³/mol. The third kappa shape index (κ3) is 4.09. The van der Waals surface area contributed by atoms with Crippen LogP contribution in [0.15, 0.2) is 48.0 Å². The van der Waals surface area contributed by atoms with E-state index in [2.05, 4.69) is 10.3 Å². The van der Waals surface area contributed by atoms with Gasteiger partial charge < -0.3 is 15.2 Å². The summed E-state index contributed by atoms with van der Waals surface area (Å²) in [6.07, 6.45) is 3.86. The maximum atomic E-state index is 11.9. The molecule has 32 heavy (non-hydrogen) atoms. The molecule has 0 aliphatic heterocycles. The Hall–Kier alpha value is -2.94. The minimum atomic E-state index is -1.04. The van der Waals surface area contributed by atoms with Gasteiger partial charge in [0.1, 0.15) is 17.1 Å². The van der Waals surface area contributed by atoms with Crippen molar-refractivity contribution in [3.63, 3.8) is 0 Å². The Bertz CT molecular complexity index is 1300. The average molecular weight is 484 g/mol. The molecule has 5 rings (SSSR count). The Labute approximate surface area is 197 Å². The summed E-state index contributed by atoms with van der Waals surface area (Å²) < 4.78 is 5.26. The minimum Gasteiger partial charge on any atom is -0.495 e. The fraction of sp³-hybridized carbons (Fsp3) is 0.174. The maximum absolute atomic E-state index is 11.9. The van der Waals surface area contributed by atoms with Crippen molar-refractivity contribution in [1.29, 1.82) is 0 Å². The number of rotatable bonds is 7. The van der Waals surface area contributed by atoms with Gasteiger partial charge in [0.05, 0.1) is 22.7 Å². The lowest BCUT2D eigenvalue weighted by atomic mass is 10.1. The van der Waals surface area contributed by atoms with E-state index in [1.54, 1.807) is 19.4 Å². The molecule has 0 spiro atoms. The monoisotopic (exact) mass is 483 g/mol. The highest BCUT2D eigenvalue weighted by Gasteiger charge is 2.31. The van der Waals surface area contributed by atoms with Crippen LogP contribution in [0.4, 0.5) is 10.9 Å². The average Bonchev–Trinajstić information content (AvgIpc) is 3.31. The van der Waals surface area contributed by atoms with Crippen LogP contribution in [0.25, 0.3) is 20.9 Å². The van der Waals surface area contributed by atoms with E-state index in [1.165, 1.54) is 22.7 Å². The number of pyridine rings is 1. The first kappa shape index (κ1) is 20.9. The Balaban J connectivity index is 1.51. The van der Waals surface area contributed by atoms with Crippen molar-refractivity contribution in [2.75, 3.05) is 12.4 Å². The van der Waals surface area contributed by atoms with Crippen LogP contribution in [0, 0.1) is 0 Å². The van der Waals surface area contributed by atoms with Gasteiger partial charge in [0.25, 0.3) is 0 Å². The predicted octanol–water partition coefficient (Wildman–Crippen LogP) is 6.91. The van der Waals surface area contributed by atoms with Crippen molar-refractivity contribution in [2.45, 2.75) is 18.8 Å². The number of carboxylic acid groups (broad SMARTS) is 1. The number of nitrogens with zero attached hydrogens (tertiary/aromatic N) is 2. The molecule has 0 unspecified atom stereocenters. The molecule has 0 saturated heterocycles. The second kappa shape index (κ2) is 8.54. The third-order valence-electron chi connectivity index (χ3n) is 5.18. The molecule has 2 N–H and O–H groups in total. The molecule has 9 heteroatoms. The molecule has 1 aliphatic carbocycles. The Morgan fingerprint density at radius 2 is 2.09 bits per heavy atom. The van der Waals surface area contributed by atoms with Gasteiger partial charge in [-0.3, -0.25) is 0 Å². The smallest absolute Gasteiger partial charge is 0.339 e. The van der Waals surface area contributed by atoms with Gasteiger partial charge in [-0.05, 0) is 54.1 Å². The van der Waals surface area contributed by atoms with Crippen LogP contribution in [0.1, 0.15) is 34.8 Å². The number of hydrogen-bond donors (Lipinski definition) is 2. The van der Waals surface area contributed by atoms with Crippen molar-refractivity contribution in [3.8, 4) is 26.6 Å². The highest BCUT2D eigenvalue weighted by atomic mass is 35.5. The largest absolute Gasteiger partial charge is 0.495 e. The van der Waals surface area contributed by atoms with E-state index in [0.29, 0.717) is 21.8 Å². The molecule has 0 radical (unpaired) electrons. The summed E-state index contributed by atoms with van der Waals surface area (Å²) in [5.74, 6) is 0.255. The number of anilines is 2.